The number of aromatic nitrogens is 4. The molecule has 1 fully saturated rings. The number of imidazole rings is 1. The average Bonchev–Trinajstić information content (AvgIpc) is 3.21. The van der Waals surface area contributed by atoms with Crippen LogP contribution in [0.1, 0.15) is 12.0 Å². The first-order valence-electron chi connectivity index (χ1n) is 11.6. The van der Waals surface area contributed by atoms with Crippen molar-refractivity contribution in [2.45, 2.75) is 12.8 Å². The number of para-hydroxylation sites is 2. The molecule has 2 aromatic carbocycles. The first kappa shape index (κ1) is 22.1. The second kappa shape index (κ2) is 9.64. The summed E-state index contributed by atoms with van der Waals surface area (Å²) in [4.78, 5) is 33.5. The van der Waals surface area contributed by atoms with E-state index < -0.39 is 0 Å². The zero-order chi connectivity index (χ0) is 23.5. The minimum Gasteiger partial charge on any atom is -0.381 e. The summed E-state index contributed by atoms with van der Waals surface area (Å²) < 4.78 is 7.85. The van der Waals surface area contributed by atoms with Gasteiger partial charge in [0.2, 0.25) is 11.9 Å². The van der Waals surface area contributed by atoms with Gasteiger partial charge < -0.3 is 19.1 Å². The molecule has 1 amide bonds. The number of ether oxygens (including phenoxy) is 1. The molecule has 1 N–H and O–H groups in total. The van der Waals surface area contributed by atoms with Gasteiger partial charge in [-0.15, -0.1) is 0 Å². The molecule has 1 aliphatic heterocycles. The van der Waals surface area contributed by atoms with Crippen LogP contribution in [0.3, 0.4) is 0 Å². The highest BCUT2D eigenvalue weighted by Crippen LogP contribution is 2.22. The van der Waals surface area contributed by atoms with Crippen LogP contribution in [0.15, 0.2) is 53.5 Å². The molecule has 3 heterocycles. The van der Waals surface area contributed by atoms with Crippen molar-refractivity contribution >= 4 is 33.7 Å². The lowest BCUT2D eigenvalue weighted by molar-refractivity contribution is -0.132. The van der Waals surface area contributed by atoms with Crippen LogP contribution < -0.4 is 10.5 Å². The monoisotopic (exact) mass is 460 g/mol. The standard InChI is InChI=1S/C25H28N6O3/c1-29-22-8-3-2-7-21(22)27-25(29)31-13-11-30(12-14-31)23(32)10-16-34-15-9-18-5-4-6-19-20(18)17-26-28-24(19)33/h2-8,17H,9-16H2,1H3,(H,28,33). The summed E-state index contributed by atoms with van der Waals surface area (Å²) in [6, 6.07) is 13.7. The summed E-state index contributed by atoms with van der Waals surface area (Å²) >= 11 is 0. The van der Waals surface area contributed by atoms with E-state index in [1.807, 2.05) is 42.3 Å². The lowest BCUT2D eigenvalue weighted by Crippen LogP contribution is -2.49. The molecule has 0 saturated carbocycles. The van der Waals surface area contributed by atoms with E-state index in [1.165, 1.54) is 0 Å². The Hall–Kier alpha value is -3.72. The van der Waals surface area contributed by atoms with E-state index in [2.05, 4.69) is 25.7 Å². The lowest BCUT2D eigenvalue weighted by atomic mass is 10.1. The summed E-state index contributed by atoms with van der Waals surface area (Å²) in [6.07, 6.45) is 2.69. The Morgan fingerprint density at radius 1 is 1.03 bits per heavy atom. The number of hydrogen-bond donors (Lipinski definition) is 1. The third kappa shape index (κ3) is 4.38. The number of piperazine rings is 1. The van der Waals surface area contributed by atoms with Crippen LogP contribution in [-0.4, -0.2) is 69.9 Å². The molecule has 5 rings (SSSR count). The third-order valence-electron chi connectivity index (χ3n) is 6.46. The number of carbonyl (C=O) groups excluding carboxylic acids is 1. The zero-order valence-corrected chi connectivity index (χ0v) is 19.2. The Labute approximate surface area is 196 Å². The van der Waals surface area contributed by atoms with Crippen molar-refractivity contribution in [3.63, 3.8) is 0 Å². The van der Waals surface area contributed by atoms with Crippen molar-refractivity contribution in [1.82, 2.24) is 24.6 Å². The molecule has 176 valence electrons. The van der Waals surface area contributed by atoms with Crippen molar-refractivity contribution in [2.24, 2.45) is 7.05 Å². The second-order valence-corrected chi connectivity index (χ2v) is 8.52. The Bertz CT molecular complexity index is 1370. The molecule has 0 atom stereocenters. The number of rotatable bonds is 7. The maximum atomic E-state index is 12.7. The number of benzene rings is 2. The number of hydrogen-bond acceptors (Lipinski definition) is 6. The smallest absolute Gasteiger partial charge is 0.272 e. The van der Waals surface area contributed by atoms with Gasteiger partial charge in [-0.05, 0) is 30.2 Å². The van der Waals surface area contributed by atoms with Gasteiger partial charge in [-0.2, -0.15) is 5.10 Å². The van der Waals surface area contributed by atoms with Crippen molar-refractivity contribution in [3.8, 4) is 0 Å². The second-order valence-electron chi connectivity index (χ2n) is 8.52. The molecular formula is C25H28N6O3. The van der Waals surface area contributed by atoms with Gasteiger partial charge in [0.15, 0.2) is 0 Å². The predicted molar refractivity (Wildman–Crippen MR) is 131 cm³/mol. The van der Waals surface area contributed by atoms with Gasteiger partial charge in [0.05, 0.1) is 42.3 Å². The minimum absolute atomic E-state index is 0.116. The first-order valence-corrected chi connectivity index (χ1v) is 11.6. The van der Waals surface area contributed by atoms with Crippen LogP contribution in [0.2, 0.25) is 0 Å². The van der Waals surface area contributed by atoms with E-state index in [-0.39, 0.29) is 11.5 Å². The molecule has 0 radical (unpaired) electrons. The SMILES string of the molecule is Cn1c(N2CCN(C(=O)CCOCCc3cccc4c(=O)[nH]ncc34)CC2)nc2ccccc21. The average molecular weight is 461 g/mol. The summed E-state index contributed by atoms with van der Waals surface area (Å²) in [5.41, 5.74) is 2.92. The fourth-order valence-electron chi connectivity index (χ4n) is 4.57. The van der Waals surface area contributed by atoms with Gasteiger partial charge in [0, 0.05) is 38.6 Å². The number of carbonyl (C=O) groups is 1. The van der Waals surface area contributed by atoms with Gasteiger partial charge in [0.25, 0.3) is 5.56 Å². The third-order valence-corrected chi connectivity index (χ3v) is 6.46. The molecule has 2 aromatic heterocycles. The molecule has 1 saturated heterocycles. The Kier molecular flexibility index (Phi) is 6.27. The Morgan fingerprint density at radius 3 is 2.68 bits per heavy atom. The first-order chi connectivity index (χ1) is 16.6. The van der Waals surface area contributed by atoms with Gasteiger partial charge in [-0.25, -0.2) is 10.1 Å². The van der Waals surface area contributed by atoms with Crippen LogP contribution in [0.4, 0.5) is 5.95 Å². The number of aryl methyl sites for hydroxylation is 1. The summed E-state index contributed by atoms with van der Waals surface area (Å²) in [6.45, 7) is 3.75. The maximum absolute atomic E-state index is 12.7. The Morgan fingerprint density at radius 2 is 1.85 bits per heavy atom. The van der Waals surface area contributed by atoms with Gasteiger partial charge in [0.1, 0.15) is 0 Å². The molecular weight excluding hydrogens is 432 g/mol. The quantitative estimate of drug-likeness (QED) is 0.425. The molecule has 0 bridgehead atoms. The molecule has 1 aliphatic rings. The number of aromatic amines is 1. The lowest BCUT2D eigenvalue weighted by Gasteiger charge is -2.35. The number of H-pyrrole nitrogens is 1. The zero-order valence-electron chi connectivity index (χ0n) is 19.2. The van der Waals surface area contributed by atoms with Gasteiger partial charge in [-0.3, -0.25) is 9.59 Å². The van der Waals surface area contributed by atoms with E-state index in [0.717, 1.165) is 41.0 Å². The van der Waals surface area contributed by atoms with E-state index in [1.54, 1.807) is 12.3 Å². The van der Waals surface area contributed by atoms with Gasteiger partial charge in [-0.1, -0.05) is 24.3 Å². The van der Waals surface area contributed by atoms with E-state index >= 15 is 0 Å². The molecule has 4 aromatic rings. The molecule has 34 heavy (non-hydrogen) atoms. The molecule has 9 nitrogen and oxygen atoms in total. The van der Waals surface area contributed by atoms with Crippen LogP contribution >= 0.6 is 0 Å². The summed E-state index contributed by atoms with van der Waals surface area (Å²) in [7, 11) is 2.03. The van der Waals surface area contributed by atoms with Crippen LogP contribution in [0.5, 0.6) is 0 Å². The highest BCUT2D eigenvalue weighted by atomic mass is 16.5. The summed E-state index contributed by atoms with van der Waals surface area (Å²) in [5.74, 6) is 1.06. The largest absolute Gasteiger partial charge is 0.381 e. The van der Waals surface area contributed by atoms with Crippen molar-refractivity contribution in [3.05, 3.63) is 64.6 Å². The number of nitrogens with zero attached hydrogens (tertiary/aromatic N) is 5. The van der Waals surface area contributed by atoms with Gasteiger partial charge >= 0.3 is 0 Å². The van der Waals surface area contributed by atoms with Crippen LogP contribution in [0.25, 0.3) is 21.8 Å². The highest BCUT2D eigenvalue weighted by molar-refractivity contribution is 5.84. The maximum Gasteiger partial charge on any atom is 0.272 e. The van der Waals surface area contributed by atoms with Crippen LogP contribution in [-0.2, 0) is 23.0 Å². The highest BCUT2D eigenvalue weighted by Gasteiger charge is 2.23. The number of amides is 1. The van der Waals surface area contributed by atoms with E-state index in [4.69, 9.17) is 9.72 Å². The Balaban J connectivity index is 1.08. The van der Waals surface area contributed by atoms with E-state index in [9.17, 15) is 9.59 Å². The number of nitrogens with one attached hydrogen (secondary N) is 1. The molecule has 9 heteroatoms. The molecule has 0 unspecified atom stereocenters. The minimum atomic E-state index is -0.192. The van der Waals surface area contributed by atoms with Crippen molar-refractivity contribution < 1.29 is 9.53 Å². The fraction of sp³-hybridized carbons (Fsp3) is 0.360. The molecule has 0 aliphatic carbocycles. The van der Waals surface area contributed by atoms with Crippen LogP contribution in [0, 0.1) is 0 Å². The van der Waals surface area contributed by atoms with E-state index in [0.29, 0.717) is 44.5 Å². The number of anilines is 1. The topological polar surface area (TPSA) is 96.3 Å². The van der Waals surface area contributed by atoms with Crippen molar-refractivity contribution in [2.75, 3.05) is 44.3 Å². The van der Waals surface area contributed by atoms with Crippen molar-refractivity contribution in [1.29, 1.82) is 0 Å². The normalized spacial score (nSPS) is 14.3. The molecule has 0 spiro atoms. The predicted octanol–water partition coefficient (Wildman–Crippen LogP) is 2.11. The summed E-state index contributed by atoms with van der Waals surface area (Å²) in [5, 5.41) is 7.81. The fourth-order valence-corrected chi connectivity index (χ4v) is 4.57. The number of fused-ring (bicyclic) bond motifs is 2.